The van der Waals surface area contributed by atoms with Gasteiger partial charge < -0.3 is 14.8 Å². The quantitative estimate of drug-likeness (QED) is 0.607. The summed E-state index contributed by atoms with van der Waals surface area (Å²) in [4.78, 5) is 12.5. The Labute approximate surface area is 176 Å². The lowest BCUT2D eigenvalue weighted by molar-refractivity contribution is 0.138. The second-order valence-corrected chi connectivity index (χ2v) is 8.75. The van der Waals surface area contributed by atoms with Crippen molar-refractivity contribution in [1.82, 2.24) is 5.32 Å². The van der Waals surface area contributed by atoms with E-state index < -0.39 is 21.3 Å². The van der Waals surface area contributed by atoms with Gasteiger partial charge in [0.1, 0.15) is 12.4 Å². The highest BCUT2D eigenvalue weighted by Crippen LogP contribution is 2.28. The normalized spacial score (nSPS) is 12.1. The van der Waals surface area contributed by atoms with Crippen LogP contribution in [0.4, 0.5) is 4.79 Å². The third kappa shape index (κ3) is 5.18. The Hall–Kier alpha value is -3.32. The number of alkyl carbamates (subject to hydrolysis) is 1. The molecule has 30 heavy (non-hydrogen) atoms. The molecule has 1 unspecified atom stereocenters. The molecule has 0 aliphatic rings. The standard InChI is InChI=1S/C23H23NO5S/c1-17-8-14-21(15-9-17)30(26,27)22(19-10-12-20(28-2)13-11-19)24-23(25)29-16-18-6-4-3-5-7-18/h3-15,22H,16H2,1-2H3,(H,24,25). The Bertz CT molecular complexity index is 1080. The van der Waals surface area contributed by atoms with Crippen LogP contribution in [0.15, 0.2) is 83.8 Å². The largest absolute Gasteiger partial charge is 0.497 e. The Kier molecular flexibility index (Phi) is 6.74. The summed E-state index contributed by atoms with van der Waals surface area (Å²) in [6.07, 6.45) is -0.824. The predicted molar refractivity (Wildman–Crippen MR) is 114 cm³/mol. The predicted octanol–water partition coefficient (Wildman–Crippen LogP) is 4.40. The van der Waals surface area contributed by atoms with E-state index in [2.05, 4.69) is 5.32 Å². The molecule has 3 rings (SSSR count). The first-order chi connectivity index (χ1) is 14.4. The number of benzene rings is 3. The first-order valence-electron chi connectivity index (χ1n) is 9.32. The van der Waals surface area contributed by atoms with Gasteiger partial charge in [0.25, 0.3) is 0 Å². The number of methoxy groups -OCH3 is 1. The highest BCUT2D eigenvalue weighted by Gasteiger charge is 2.31. The van der Waals surface area contributed by atoms with Crippen LogP contribution < -0.4 is 10.1 Å². The lowest BCUT2D eigenvalue weighted by atomic mass is 10.2. The van der Waals surface area contributed by atoms with Crippen LogP contribution in [0.2, 0.25) is 0 Å². The number of amides is 1. The number of nitrogens with one attached hydrogen (secondary N) is 1. The Morgan fingerprint density at radius 3 is 2.17 bits per heavy atom. The van der Waals surface area contributed by atoms with Gasteiger partial charge in [0.05, 0.1) is 12.0 Å². The van der Waals surface area contributed by atoms with E-state index in [-0.39, 0.29) is 11.5 Å². The maximum Gasteiger partial charge on any atom is 0.408 e. The van der Waals surface area contributed by atoms with E-state index in [1.807, 2.05) is 37.3 Å². The van der Waals surface area contributed by atoms with Crippen LogP contribution in [0.1, 0.15) is 22.1 Å². The molecule has 1 amide bonds. The van der Waals surface area contributed by atoms with E-state index in [1.54, 1.807) is 36.4 Å². The van der Waals surface area contributed by atoms with Gasteiger partial charge >= 0.3 is 6.09 Å². The average molecular weight is 426 g/mol. The van der Waals surface area contributed by atoms with Crippen molar-refractivity contribution in [2.45, 2.75) is 23.8 Å². The minimum atomic E-state index is -3.92. The molecule has 0 saturated heterocycles. The maximum atomic E-state index is 13.3. The van der Waals surface area contributed by atoms with E-state index in [0.29, 0.717) is 11.3 Å². The molecular weight excluding hydrogens is 402 g/mol. The van der Waals surface area contributed by atoms with Crippen LogP contribution in [-0.2, 0) is 21.2 Å². The third-order valence-electron chi connectivity index (χ3n) is 4.54. The molecular formula is C23H23NO5S. The molecule has 0 radical (unpaired) electrons. The number of hydrogen-bond acceptors (Lipinski definition) is 5. The molecule has 7 heteroatoms. The molecule has 0 fully saturated rings. The SMILES string of the molecule is COc1ccc(C(NC(=O)OCc2ccccc2)S(=O)(=O)c2ccc(C)cc2)cc1. The van der Waals surface area contributed by atoms with Gasteiger partial charge in [0.2, 0.25) is 9.84 Å². The number of sulfone groups is 1. The van der Waals surface area contributed by atoms with Crippen molar-refractivity contribution in [3.63, 3.8) is 0 Å². The second kappa shape index (κ2) is 9.45. The monoisotopic (exact) mass is 425 g/mol. The smallest absolute Gasteiger partial charge is 0.408 e. The van der Waals surface area contributed by atoms with E-state index in [4.69, 9.17) is 9.47 Å². The van der Waals surface area contributed by atoms with Crippen LogP contribution in [0, 0.1) is 6.92 Å². The van der Waals surface area contributed by atoms with E-state index in [9.17, 15) is 13.2 Å². The Morgan fingerprint density at radius 2 is 1.57 bits per heavy atom. The first-order valence-corrected chi connectivity index (χ1v) is 10.9. The molecule has 6 nitrogen and oxygen atoms in total. The Balaban J connectivity index is 1.86. The van der Waals surface area contributed by atoms with Gasteiger partial charge in [-0.25, -0.2) is 13.2 Å². The third-order valence-corrected chi connectivity index (χ3v) is 6.48. The van der Waals surface area contributed by atoms with Crippen LogP contribution in [0.25, 0.3) is 0 Å². The van der Waals surface area contributed by atoms with Gasteiger partial charge in [-0.2, -0.15) is 0 Å². The molecule has 0 saturated carbocycles. The van der Waals surface area contributed by atoms with Crippen LogP contribution in [-0.4, -0.2) is 21.6 Å². The number of ether oxygens (including phenoxy) is 2. The molecule has 156 valence electrons. The number of carbonyl (C=O) groups is 1. The van der Waals surface area contributed by atoms with Crippen molar-refractivity contribution >= 4 is 15.9 Å². The fraction of sp³-hybridized carbons (Fsp3) is 0.174. The molecule has 3 aromatic carbocycles. The van der Waals surface area contributed by atoms with Gasteiger partial charge in [-0.3, -0.25) is 0 Å². The summed E-state index contributed by atoms with van der Waals surface area (Å²) in [5, 5.41) is 1.19. The average Bonchev–Trinajstić information content (AvgIpc) is 2.77. The van der Waals surface area contributed by atoms with Crippen molar-refractivity contribution in [2.75, 3.05) is 7.11 Å². The highest BCUT2D eigenvalue weighted by atomic mass is 32.2. The van der Waals surface area contributed by atoms with Gasteiger partial charge in [0.15, 0.2) is 5.37 Å². The van der Waals surface area contributed by atoms with Crippen molar-refractivity contribution in [3.8, 4) is 5.75 Å². The molecule has 3 aromatic rings. The molecule has 0 heterocycles. The molecule has 0 aliphatic heterocycles. The van der Waals surface area contributed by atoms with Gasteiger partial charge in [-0.15, -0.1) is 0 Å². The van der Waals surface area contributed by atoms with Crippen LogP contribution >= 0.6 is 0 Å². The van der Waals surface area contributed by atoms with Gasteiger partial charge in [-0.05, 0) is 42.3 Å². The van der Waals surface area contributed by atoms with Gasteiger partial charge in [-0.1, -0.05) is 60.2 Å². The molecule has 0 bridgehead atoms. The first kappa shape index (κ1) is 21.4. The van der Waals surface area contributed by atoms with E-state index in [1.165, 1.54) is 19.2 Å². The Morgan fingerprint density at radius 1 is 0.933 bits per heavy atom. The highest BCUT2D eigenvalue weighted by molar-refractivity contribution is 7.91. The van der Waals surface area contributed by atoms with Crippen molar-refractivity contribution in [2.24, 2.45) is 0 Å². The van der Waals surface area contributed by atoms with Crippen LogP contribution in [0.3, 0.4) is 0 Å². The summed E-state index contributed by atoms with van der Waals surface area (Å²) in [6.45, 7) is 1.91. The second-order valence-electron chi connectivity index (χ2n) is 6.72. The van der Waals surface area contributed by atoms with E-state index >= 15 is 0 Å². The van der Waals surface area contributed by atoms with Gasteiger partial charge in [0, 0.05) is 0 Å². The topological polar surface area (TPSA) is 81.7 Å². The van der Waals surface area contributed by atoms with Crippen LogP contribution in [0.5, 0.6) is 5.75 Å². The minimum absolute atomic E-state index is 0.0343. The zero-order valence-corrected chi connectivity index (χ0v) is 17.6. The zero-order valence-electron chi connectivity index (χ0n) is 16.7. The minimum Gasteiger partial charge on any atom is -0.497 e. The molecule has 0 aromatic heterocycles. The number of hydrogen-bond donors (Lipinski definition) is 1. The number of aryl methyl sites for hydroxylation is 1. The summed E-state index contributed by atoms with van der Waals surface area (Å²) in [5.41, 5.74) is 2.13. The zero-order chi connectivity index (χ0) is 21.6. The molecule has 1 N–H and O–H groups in total. The van der Waals surface area contributed by atoms with Crippen molar-refractivity contribution in [3.05, 3.63) is 95.6 Å². The molecule has 0 aliphatic carbocycles. The maximum absolute atomic E-state index is 13.3. The number of carbonyl (C=O) groups excluding carboxylic acids is 1. The lowest BCUT2D eigenvalue weighted by Crippen LogP contribution is -2.34. The van der Waals surface area contributed by atoms with E-state index in [0.717, 1.165) is 11.1 Å². The fourth-order valence-electron chi connectivity index (χ4n) is 2.85. The molecule has 1 atom stereocenters. The van der Waals surface area contributed by atoms with Crippen molar-refractivity contribution in [1.29, 1.82) is 0 Å². The van der Waals surface area contributed by atoms with Crippen molar-refractivity contribution < 1.29 is 22.7 Å². The summed E-state index contributed by atoms with van der Waals surface area (Å²) in [7, 11) is -2.40. The summed E-state index contributed by atoms with van der Waals surface area (Å²) < 4.78 is 37.0. The lowest BCUT2D eigenvalue weighted by Gasteiger charge is -2.20. The summed E-state index contributed by atoms with van der Waals surface area (Å²) in [5.74, 6) is 0.580. The fourth-order valence-corrected chi connectivity index (χ4v) is 4.41. The molecule has 0 spiro atoms. The summed E-state index contributed by atoms with van der Waals surface area (Å²) in [6, 6.07) is 22.1. The summed E-state index contributed by atoms with van der Waals surface area (Å²) >= 11 is 0. The number of rotatable bonds is 7.